The van der Waals surface area contributed by atoms with E-state index in [4.69, 9.17) is 9.52 Å². The lowest BCUT2D eigenvalue weighted by Gasteiger charge is -2.14. The van der Waals surface area contributed by atoms with E-state index in [0.29, 0.717) is 6.54 Å². The number of fused-ring (bicyclic) bond motifs is 1. The van der Waals surface area contributed by atoms with Crippen molar-refractivity contribution in [1.82, 2.24) is 19.7 Å². The standard InChI is InChI=1S/C25H22N4O/c1-28(18-24-26-22-14-8-9-15-23(22)30-24)16-20-17-29(21-12-6-3-7-13-21)27-25(20)19-10-4-2-5-11-19/h2-15,17H,16,18H2,1H3. The summed E-state index contributed by atoms with van der Waals surface area (Å²) >= 11 is 0. The molecule has 0 amide bonds. The zero-order valence-electron chi connectivity index (χ0n) is 16.8. The van der Waals surface area contributed by atoms with E-state index in [0.717, 1.165) is 46.0 Å². The third-order valence-electron chi connectivity index (χ3n) is 5.04. The predicted octanol–water partition coefficient (Wildman–Crippen LogP) is 5.31. The molecule has 5 heteroatoms. The fraction of sp³-hybridized carbons (Fsp3) is 0.120. The van der Waals surface area contributed by atoms with Crippen LogP contribution in [0, 0.1) is 0 Å². The van der Waals surface area contributed by atoms with Crippen LogP contribution < -0.4 is 0 Å². The molecule has 0 bridgehead atoms. The number of aromatic nitrogens is 3. The van der Waals surface area contributed by atoms with Gasteiger partial charge in [0.25, 0.3) is 0 Å². The minimum atomic E-state index is 0.624. The molecule has 0 aliphatic heterocycles. The van der Waals surface area contributed by atoms with Gasteiger partial charge < -0.3 is 4.42 Å². The van der Waals surface area contributed by atoms with Gasteiger partial charge in [-0.25, -0.2) is 9.67 Å². The van der Waals surface area contributed by atoms with Gasteiger partial charge >= 0.3 is 0 Å². The van der Waals surface area contributed by atoms with Crippen LogP contribution in [0.1, 0.15) is 11.5 Å². The van der Waals surface area contributed by atoms with Gasteiger partial charge in [0.15, 0.2) is 5.58 Å². The summed E-state index contributed by atoms with van der Waals surface area (Å²) in [4.78, 5) is 6.80. The van der Waals surface area contributed by atoms with Gasteiger partial charge in [-0.05, 0) is 31.3 Å². The van der Waals surface area contributed by atoms with E-state index in [-0.39, 0.29) is 0 Å². The van der Waals surface area contributed by atoms with Crippen molar-refractivity contribution >= 4 is 11.1 Å². The highest BCUT2D eigenvalue weighted by atomic mass is 16.3. The number of benzene rings is 3. The summed E-state index contributed by atoms with van der Waals surface area (Å²) in [6.07, 6.45) is 2.11. The van der Waals surface area contributed by atoms with Crippen LogP contribution in [0.4, 0.5) is 0 Å². The fourth-order valence-corrected chi connectivity index (χ4v) is 3.64. The topological polar surface area (TPSA) is 47.1 Å². The summed E-state index contributed by atoms with van der Waals surface area (Å²) in [6.45, 7) is 1.36. The van der Waals surface area contributed by atoms with E-state index in [2.05, 4.69) is 47.4 Å². The molecule has 2 aromatic heterocycles. The average Bonchev–Trinajstić information content (AvgIpc) is 3.38. The molecule has 0 saturated carbocycles. The maximum atomic E-state index is 5.89. The molecular weight excluding hydrogens is 372 g/mol. The number of hydrogen-bond acceptors (Lipinski definition) is 4. The first kappa shape index (κ1) is 18.3. The molecule has 0 aliphatic rings. The Labute approximate surface area is 175 Å². The molecule has 0 saturated heterocycles. The smallest absolute Gasteiger partial charge is 0.209 e. The monoisotopic (exact) mass is 394 g/mol. The molecule has 0 atom stereocenters. The van der Waals surface area contributed by atoms with Gasteiger partial charge in [-0.1, -0.05) is 60.7 Å². The molecule has 0 radical (unpaired) electrons. The van der Waals surface area contributed by atoms with E-state index in [9.17, 15) is 0 Å². The first-order valence-electron chi connectivity index (χ1n) is 9.99. The van der Waals surface area contributed by atoms with Gasteiger partial charge in [0.05, 0.1) is 17.9 Å². The number of nitrogens with zero attached hydrogens (tertiary/aromatic N) is 4. The van der Waals surface area contributed by atoms with Crippen molar-refractivity contribution in [3.63, 3.8) is 0 Å². The number of hydrogen-bond donors (Lipinski definition) is 0. The Kier molecular flexibility index (Phi) is 4.87. The second-order valence-electron chi connectivity index (χ2n) is 7.40. The highest BCUT2D eigenvalue weighted by molar-refractivity contribution is 5.72. The van der Waals surface area contributed by atoms with E-state index < -0.39 is 0 Å². The third-order valence-corrected chi connectivity index (χ3v) is 5.04. The van der Waals surface area contributed by atoms with E-state index in [1.807, 2.05) is 65.3 Å². The molecule has 2 heterocycles. The van der Waals surface area contributed by atoms with E-state index in [1.165, 1.54) is 0 Å². The summed E-state index contributed by atoms with van der Waals surface area (Å²) in [5, 5.41) is 4.90. The largest absolute Gasteiger partial charge is 0.439 e. The summed E-state index contributed by atoms with van der Waals surface area (Å²) in [5.74, 6) is 0.718. The molecule has 3 aromatic carbocycles. The molecule has 5 rings (SSSR count). The Balaban J connectivity index is 1.44. The number of para-hydroxylation sites is 3. The Bertz CT molecular complexity index is 1230. The minimum absolute atomic E-state index is 0.624. The SMILES string of the molecule is CN(Cc1nc2ccccc2o1)Cc1cn(-c2ccccc2)nc1-c1ccccc1. The second-order valence-corrected chi connectivity index (χ2v) is 7.40. The molecule has 0 fully saturated rings. The molecule has 0 N–H and O–H groups in total. The normalized spacial score (nSPS) is 11.4. The lowest BCUT2D eigenvalue weighted by atomic mass is 10.1. The van der Waals surface area contributed by atoms with E-state index in [1.54, 1.807) is 0 Å². The van der Waals surface area contributed by atoms with Crippen LogP contribution in [-0.4, -0.2) is 26.7 Å². The minimum Gasteiger partial charge on any atom is -0.439 e. The first-order valence-corrected chi connectivity index (χ1v) is 9.99. The van der Waals surface area contributed by atoms with Crippen LogP contribution in [-0.2, 0) is 13.1 Å². The van der Waals surface area contributed by atoms with Crippen molar-refractivity contribution in [3.05, 3.63) is 103 Å². The molecule has 0 aliphatic carbocycles. The maximum Gasteiger partial charge on any atom is 0.209 e. The van der Waals surface area contributed by atoms with Gasteiger partial charge in [0.1, 0.15) is 5.52 Å². The second kappa shape index (κ2) is 7.97. The van der Waals surface area contributed by atoms with Crippen LogP contribution in [0.3, 0.4) is 0 Å². The van der Waals surface area contributed by atoms with Crippen molar-refractivity contribution in [2.75, 3.05) is 7.05 Å². The quantitative estimate of drug-likeness (QED) is 0.391. The molecule has 5 nitrogen and oxygen atoms in total. The lowest BCUT2D eigenvalue weighted by Crippen LogP contribution is -2.17. The Morgan fingerprint density at radius 3 is 2.30 bits per heavy atom. The van der Waals surface area contributed by atoms with Crippen molar-refractivity contribution < 1.29 is 4.42 Å². The molecular formula is C25H22N4O. The average molecular weight is 394 g/mol. The van der Waals surface area contributed by atoms with Crippen LogP contribution in [0.15, 0.2) is 95.5 Å². The molecule has 30 heavy (non-hydrogen) atoms. The lowest BCUT2D eigenvalue weighted by molar-refractivity contribution is 0.285. The summed E-state index contributed by atoms with van der Waals surface area (Å²) in [5.41, 5.74) is 6.01. The van der Waals surface area contributed by atoms with Crippen LogP contribution >= 0.6 is 0 Å². The van der Waals surface area contributed by atoms with Gasteiger partial charge in [-0.2, -0.15) is 5.10 Å². The van der Waals surface area contributed by atoms with Gasteiger partial charge in [0.2, 0.25) is 5.89 Å². The summed E-state index contributed by atoms with van der Waals surface area (Å²) in [6, 6.07) is 28.4. The Morgan fingerprint density at radius 1 is 0.833 bits per heavy atom. The van der Waals surface area contributed by atoms with Crippen LogP contribution in [0.25, 0.3) is 28.0 Å². The maximum absolute atomic E-state index is 5.89. The summed E-state index contributed by atoms with van der Waals surface area (Å²) < 4.78 is 7.84. The molecule has 0 unspecified atom stereocenters. The van der Waals surface area contributed by atoms with Gasteiger partial charge in [0, 0.05) is 23.9 Å². The van der Waals surface area contributed by atoms with Crippen molar-refractivity contribution in [2.45, 2.75) is 13.1 Å². The highest BCUT2D eigenvalue weighted by Gasteiger charge is 2.15. The Morgan fingerprint density at radius 2 is 1.53 bits per heavy atom. The first-order chi connectivity index (χ1) is 14.8. The van der Waals surface area contributed by atoms with Crippen molar-refractivity contribution in [2.24, 2.45) is 0 Å². The number of rotatable bonds is 6. The fourth-order valence-electron chi connectivity index (χ4n) is 3.64. The highest BCUT2D eigenvalue weighted by Crippen LogP contribution is 2.25. The molecule has 148 valence electrons. The van der Waals surface area contributed by atoms with Crippen LogP contribution in [0.5, 0.6) is 0 Å². The third kappa shape index (κ3) is 3.75. The van der Waals surface area contributed by atoms with Crippen molar-refractivity contribution in [1.29, 1.82) is 0 Å². The van der Waals surface area contributed by atoms with Gasteiger partial charge in [-0.3, -0.25) is 4.90 Å². The van der Waals surface area contributed by atoms with Crippen molar-refractivity contribution in [3.8, 4) is 16.9 Å². The summed E-state index contributed by atoms with van der Waals surface area (Å²) in [7, 11) is 2.07. The molecule has 0 spiro atoms. The predicted molar refractivity (Wildman–Crippen MR) is 118 cm³/mol. The number of oxazole rings is 1. The zero-order chi connectivity index (χ0) is 20.3. The zero-order valence-corrected chi connectivity index (χ0v) is 16.8. The van der Waals surface area contributed by atoms with Crippen LogP contribution in [0.2, 0.25) is 0 Å². The van der Waals surface area contributed by atoms with Gasteiger partial charge in [-0.15, -0.1) is 0 Å². The molecule has 5 aromatic rings. The Hall–Kier alpha value is -3.70. The van der Waals surface area contributed by atoms with E-state index >= 15 is 0 Å².